The normalized spacial score (nSPS) is 10.2. The molecule has 0 atom stereocenters. The molecule has 20 heavy (non-hydrogen) atoms. The zero-order valence-corrected chi connectivity index (χ0v) is 13.0. The Kier molecular flexibility index (Phi) is 6.02. The third-order valence-corrected chi connectivity index (χ3v) is 3.38. The van der Waals surface area contributed by atoms with E-state index >= 15 is 0 Å². The summed E-state index contributed by atoms with van der Waals surface area (Å²) in [6, 6.07) is 1.68. The van der Waals surface area contributed by atoms with Gasteiger partial charge in [-0.2, -0.15) is 0 Å². The lowest BCUT2D eigenvalue weighted by Gasteiger charge is -2.15. The van der Waals surface area contributed by atoms with Crippen molar-refractivity contribution < 1.29 is 19.1 Å². The Hall–Kier alpha value is -1.55. The predicted octanol–water partition coefficient (Wildman–Crippen LogP) is 3.49. The van der Waals surface area contributed by atoms with Crippen molar-refractivity contribution in [2.24, 2.45) is 0 Å². The largest absolute Gasteiger partial charge is 0.493 e. The SMILES string of the molecule is CCCOc1cc(C)c(Cl)c(C)c1C(=O)C(=O)OCC. The van der Waals surface area contributed by atoms with Gasteiger partial charge < -0.3 is 9.47 Å². The van der Waals surface area contributed by atoms with Crippen molar-refractivity contribution in [1.29, 1.82) is 0 Å². The van der Waals surface area contributed by atoms with Crippen molar-refractivity contribution >= 4 is 23.4 Å². The number of ether oxygens (including phenoxy) is 2. The maximum atomic E-state index is 12.2. The average molecular weight is 299 g/mol. The molecule has 0 radical (unpaired) electrons. The molecule has 0 N–H and O–H groups in total. The lowest BCUT2D eigenvalue weighted by atomic mass is 10.0. The van der Waals surface area contributed by atoms with Crippen LogP contribution >= 0.6 is 11.6 Å². The summed E-state index contributed by atoms with van der Waals surface area (Å²) < 4.78 is 10.3. The molecule has 4 nitrogen and oxygen atoms in total. The van der Waals surface area contributed by atoms with Gasteiger partial charge in [0.15, 0.2) is 0 Å². The molecule has 1 rings (SSSR count). The summed E-state index contributed by atoms with van der Waals surface area (Å²) in [6.45, 7) is 7.74. The number of benzene rings is 1. The molecule has 0 heterocycles. The third-order valence-electron chi connectivity index (χ3n) is 2.79. The maximum Gasteiger partial charge on any atom is 0.379 e. The van der Waals surface area contributed by atoms with Crippen LogP contribution in [0.15, 0.2) is 6.07 Å². The Labute approximate surface area is 124 Å². The molecule has 0 aliphatic rings. The van der Waals surface area contributed by atoms with Gasteiger partial charge in [-0.05, 0) is 44.4 Å². The summed E-state index contributed by atoms with van der Waals surface area (Å²) >= 11 is 6.15. The number of aryl methyl sites for hydroxylation is 1. The maximum absolute atomic E-state index is 12.2. The minimum atomic E-state index is -0.892. The Morgan fingerprint density at radius 2 is 1.90 bits per heavy atom. The van der Waals surface area contributed by atoms with E-state index in [4.69, 9.17) is 21.1 Å². The van der Waals surface area contributed by atoms with E-state index in [9.17, 15) is 9.59 Å². The lowest BCUT2D eigenvalue weighted by molar-refractivity contribution is -0.137. The second kappa shape index (κ2) is 7.29. The highest BCUT2D eigenvalue weighted by molar-refractivity contribution is 6.42. The summed E-state index contributed by atoms with van der Waals surface area (Å²) in [5.41, 5.74) is 1.53. The molecule has 0 bridgehead atoms. The molecule has 0 aliphatic heterocycles. The van der Waals surface area contributed by atoms with Crippen LogP contribution in [0.25, 0.3) is 0 Å². The zero-order chi connectivity index (χ0) is 15.3. The number of hydrogen-bond donors (Lipinski definition) is 0. The number of halogens is 1. The Balaban J connectivity index is 3.30. The van der Waals surface area contributed by atoms with E-state index in [-0.39, 0.29) is 12.2 Å². The van der Waals surface area contributed by atoms with Gasteiger partial charge in [-0.3, -0.25) is 4.79 Å². The fraction of sp³-hybridized carbons (Fsp3) is 0.467. The molecule has 0 spiro atoms. The van der Waals surface area contributed by atoms with E-state index in [2.05, 4.69) is 0 Å². The summed E-state index contributed by atoms with van der Waals surface area (Å²) in [5, 5.41) is 0.460. The van der Waals surface area contributed by atoms with E-state index in [1.54, 1.807) is 19.9 Å². The monoisotopic (exact) mass is 298 g/mol. The van der Waals surface area contributed by atoms with Crippen molar-refractivity contribution in [2.45, 2.75) is 34.1 Å². The standard InChI is InChI=1S/C15H19ClO4/c1-5-7-20-11-8-9(3)13(16)10(4)12(11)14(17)15(18)19-6-2/h8H,5-7H2,1-4H3. The fourth-order valence-corrected chi connectivity index (χ4v) is 1.98. The topological polar surface area (TPSA) is 52.6 Å². The third kappa shape index (κ3) is 3.51. The summed E-state index contributed by atoms with van der Waals surface area (Å²) in [4.78, 5) is 23.8. The van der Waals surface area contributed by atoms with Gasteiger partial charge in [-0.15, -0.1) is 0 Å². The number of rotatable bonds is 6. The lowest BCUT2D eigenvalue weighted by Crippen LogP contribution is -2.20. The van der Waals surface area contributed by atoms with E-state index in [1.165, 1.54) is 0 Å². The van der Waals surface area contributed by atoms with Crippen molar-refractivity contribution in [3.05, 3.63) is 27.8 Å². The highest BCUT2D eigenvalue weighted by atomic mass is 35.5. The van der Waals surface area contributed by atoms with Gasteiger partial charge >= 0.3 is 5.97 Å². The number of carbonyl (C=O) groups excluding carboxylic acids is 2. The van der Waals surface area contributed by atoms with E-state index in [0.29, 0.717) is 22.9 Å². The molecule has 0 aromatic heterocycles. The van der Waals surface area contributed by atoms with Crippen LogP contribution in [0.4, 0.5) is 0 Å². The molecule has 110 valence electrons. The molecule has 0 saturated carbocycles. The van der Waals surface area contributed by atoms with Crippen molar-refractivity contribution in [2.75, 3.05) is 13.2 Å². The van der Waals surface area contributed by atoms with Crippen LogP contribution in [0, 0.1) is 13.8 Å². The van der Waals surface area contributed by atoms with Gasteiger partial charge in [-0.25, -0.2) is 4.79 Å². The molecule has 0 aliphatic carbocycles. The van der Waals surface area contributed by atoms with Gasteiger partial charge in [0.25, 0.3) is 5.78 Å². The van der Waals surface area contributed by atoms with Gasteiger partial charge in [0, 0.05) is 5.02 Å². The van der Waals surface area contributed by atoms with Gasteiger partial charge in [0.05, 0.1) is 18.8 Å². The van der Waals surface area contributed by atoms with Crippen molar-refractivity contribution in [1.82, 2.24) is 0 Å². The second-order valence-corrected chi connectivity index (χ2v) is 4.78. The molecule has 0 saturated heterocycles. The fourth-order valence-electron chi connectivity index (χ4n) is 1.83. The molecule has 0 unspecified atom stereocenters. The first-order valence-corrected chi connectivity index (χ1v) is 6.95. The van der Waals surface area contributed by atoms with Crippen LogP contribution in [-0.4, -0.2) is 25.0 Å². The van der Waals surface area contributed by atoms with Crippen LogP contribution < -0.4 is 4.74 Å². The average Bonchev–Trinajstić information content (AvgIpc) is 2.42. The Morgan fingerprint density at radius 3 is 2.45 bits per heavy atom. The predicted molar refractivity (Wildman–Crippen MR) is 77.7 cm³/mol. The number of carbonyl (C=O) groups is 2. The van der Waals surface area contributed by atoms with E-state index < -0.39 is 11.8 Å². The van der Waals surface area contributed by atoms with Crippen LogP contribution in [0.1, 0.15) is 41.8 Å². The minimum Gasteiger partial charge on any atom is -0.493 e. The second-order valence-electron chi connectivity index (χ2n) is 4.40. The highest BCUT2D eigenvalue weighted by Gasteiger charge is 2.26. The highest BCUT2D eigenvalue weighted by Crippen LogP contribution is 2.32. The Morgan fingerprint density at radius 1 is 1.25 bits per heavy atom. The minimum absolute atomic E-state index is 0.147. The van der Waals surface area contributed by atoms with Gasteiger partial charge in [-0.1, -0.05) is 18.5 Å². The molecule has 0 amide bonds. The van der Waals surface area contributed by atoms with E-state index in [1.807, 2.05) is 13.8 Å². The Bertz CT molecular complexity index is 523. The number of ketones is 1. The van der Waals surface area contributed by atoms with E-state index in [0.717, 1.165) is 12.0 Å². The van der Waals surface area contributed by atoms with Crippen molar-refractivity contribution in [3.8, 4) is 5.75 Å². The first-order chi connectivity index (χ1) is 9.43. The summed E-state index contributed by atoms with van der Waals surface area (Å²) in [5.74, 6) is -1.24. The van der Waals surface area contributed by atoms with Crippen LogP contribution in [0.2, 0.25) is 5.02 Å². The molecule has 0 fully saturated rings. The molecular weight excluding hydrogens is 280 g/mol. The van der Waals surface area contributed by atoms with Gasteiger partial charge in [0.1, 0.15) is 5.75 Å². The number of Topliss-reactive ketones (excluding diaryl/α,β-unsaturated/α-hetero) is 1. The molecule has 1 aromatic carbocycles. The smallest absolute Gasteiger partial charge is 0.379 e. The van der Waals surface area contributed by atoms with Crippen LogP contribution in [-0.2, 0) is 9.53 Å². The first-order valence-electron chi connectivity index (χ1n) is 6.57. The summed E-state index contributed by atoms with van der Waals surface area (Å²) in [7, 11) is 0. The summed E-state index contributed by atoms with van der Waals surface area (Å²) in [6.07, 6.45) is 0.799. The van der Waals surface area contributed by atoms with Gasteiger partial charge in [0.2, 0.25) is 0 Å². The van der Waals surface area contributed by atoms with Crippen molar-refractivity contribution in [3.63, 3.8) is 0 Å². The molecular formula is C15H19ClO4. The quantitative estimate of drug-likeness (QED) is 0.458. The zero-order valence-electron chi connectivity index (χ0n) is 12.2. The molecule has 5 heteroatoms. The number of hydrogen-bond acceptors (Lipinski definition) is 4. The van der Waals surface area contributed by atoms with Crippen LogP contribution in [0.5, 0.6) is 5.75 Å². The number of esters is 1. The first kappa shape index (κ1) is 16.5. The van der Waals surface area contributed by atoms with Crippen LogP contribution in [0.3, 0.4) is 0 Å². The molecule has 1 aromatic rings.